The van der Waals surface area contributed by atoms with Gasteiger partial charge in [0.25, 0.3) is 0 Å². The van der Waals surface area contributed by atoms with Gasteiger partial charge in [0.15, 0.2) is 0 Å². The lowest BCUT2D eigenvalue weighted by Gasteiger charge is -2.10. The second kappa shape index (κ2) is 4.05. The summed E-state index contributed by atoms with van der Waals surface area (Å²) in [5.74, 6) is -0.861. The molecule has 0 aliphatic carbocycles. The van der Waals surface area contributed by atoms with E-state index in [1.165, 1.54) is 0 Å². The van der Waals surface area contributed by atoms with Gasteiger partial charge < -0.3 is 10.1 Å². The van der Waals surface area contributed by atoms with Crippen molar-refractivity contribution in [1.82, 2.24) is 4.98 Å². The van der Waals surface area contributed by atoms with Gasteiger partial charge in [0.1, 0.15) is 0 Å². The predicted molar refractivity (Wildman–Crippen MR) is 65.6 cm³/mol. The number of aromatic amines is 1. The molecule has 1 heterocycles. The SMILES string of the molecule is CC(C)c1cccc2c(C(=O)O)cc(=O)[nH]c12. The highest BCUT2D eigenvalue weighted by Gasteiger charge is 2.13. The summed E-state index contributed by atoms with van der Waals surface area (Å²) in [6, 6.07) is 6.53. The van der Waals surface area contributed by atoms with Crippen LogP contribution in [0.2, 0.25) is 0 Å². The van der Waals surface area contributed by atoms with E-state index < -0.39 is 5.97 Å². The number of aromatic nitrogens is 1. The summed E-state index contributed by atoms with van der Waals surface area (Å²) in [7, 11) is 0. The van der Waals surface area contributed by atoms with Gasteiger partial charge in [0, 0.05) is 11.5 Å². The minimum Gasteiger partial charge on any atom is -0.478 e. The highest BCUT2D eigenvalue weighted by Crippen LogP contribution is 2.24. The first kappa shape index (κ1) is 11.4. The first-order valence-corrected chi connectivity index (χ1v) is 5.40. The molecule has 4 nitrogen and oxygen atoms in total. The van der Waals surface area contributed by atoms with Gasteiger partial charge in [0.2, 0.25) is 5.56 Å². The minimum atomic E-state index is -1.08. The predicted octanol–water partition coefficient (Wildman–Crippen LogP) is 2.35. The Bertz CT molecular complexity index is 641. The lowest BCUT2D eigenvalue weighted by molar-refractivity contribution is 0.0699. The number of aromatic carboxylic acids is 1. The van der Waals surface area contributed by atoms with E-state index in [0.29, 0.717) is 10.9 Å². The number of pyridine rings is 1. The molecule has 1 aromatic heterocycles. The number of carboxylic acids is 1. The zero-order valence-corrected chi connectivity index (χ0v) is 9.65. The quantitative estimate of drug-likeness (QED) is 0.833. The van der Waals surface area contributed by atoms with Crippen LogP contribution in [0.1, 0.15) is 35.7 Å². The van der Waals surface area contributed by atoms with Gasteiger partial charge in [-0.3, -0.25) is 4.79 Å². The summed E-state index contributed by atoms with van der Waals surface area (Å²) in [4.78, 5) is 25.3. The Labute approximate surface area is 97.9 Å². The smallest absolute Gasteiger partial charge is 0.336 e. The molecule has 2 N–H and O–H groups in total. The Hall–Kier alpha value is -2.10. The van der Waals surface area contributed by atoms with Crippen LogP contribution in [0.5, 0.6) is 0 Å². The lowest BCUT2D eigenvalue weighted by Crippen LogP contribution is -2.11. The van der Waals surface area contributed by atoms with Gasteiger partial charge in [-0.1, -0.05) is 32.0 Å². The number of carboxylic acid groups (broad SMARTS) is 1. The van der Waals surface area contributed by atoms with Crippen molar-refractivity contribution < 1.29 is 9.90 Å². The van der Waals surface area contributed by atoms with Crippen LogP contribution >= 0.6 is 0 Å². The first-order chi connectivity index (χ1) is 8.00. The Morgan fingerprint density at radius 1 is 1.35 bits per heavy atom. The fourth-order valence-corrected chi connectivity index (χ4v) is 1.96. The van der Waals surface area contributed by atoms with Crippen LogP contribution < -0.4 is 5.56 Å². The zero-order valence-electron chi connectivity index (χ0n) is 9.65. The number of fused-ring (bicyclic) bond motifs is 1. The molecule has 0 amide bonds. The molecular weight excluding hydrogens is 218 g/mol. The van der Waals surface area contributed by atoms with Crippen molar-refractivity contribution in [2.24, 2.45) is 0 Å². The Balaban J connectivity index is 2.93. The maximum Gasteiger partial charge on any atom is 0.336 e. The van der Waals surface area contributed by atoms with Gasteiger partial charge in [-0.2, -0.15) is 0 Å². The number of hydrogen-bond donors (Lipinski definition) is 2. The van der Waals surface area contributed by atoms with Crippen molar-refractivity contribution >= 4 is 16.9 Å². The zero-order chi connectivity index (χ0) is 12.6. The topological polar surface area (TPSA) is 70.2 Å². The van der Waals surface area contributed by atoms with Crippen LogP contribution in [0.4, 0.5) is 0 Å². The molecule has 0 spiro atoms. The minimum absolute atomic E-state index is 0.0475. The molecule has 0 aliphatic rings. The van der Waals surface area contributed by atoms with E-state index in [2.05, 4.69) is 4.98 Å². The Morgan fingerprint density at radius 3 is 2.65 bits per heavy atom. The van der Waals surface area contributed by atoms with Gasteiger partial charge in [-0.15, -0.1) is 0 Å². The third kappa shape index (κ3) is 1.93. The molecule has 1 aromatic carbocycles. The number of benzene rings is 1. The van der Waals surface area contributed by atoms with E-state index in [4.69, 9.17) is 5.11 Å². The fraction of sp³-hybridized carbons (Fsp3) is 0.231. The number of H-pyrrole nitrogens is 1. The van der Waals surface area contributed by atoms with Gasteiger partial charge in [-0.05, 0) is 11.5 Å². The van der Waals surface area contributed by atoms with Crippen molar-refractivity contribution in [3.05, 3.63) is 45.7 Å². The van der Waals surface area contributed by atoms with Crippen molar-refractivity contribution in [2.75, 3.05) is 0 Å². The van der Waals surface area contributed by atoms with Gasteiger partial charge >= 0.3 is 5.97 Å². The molecule has 17 heavy (non-hydrogen) atoms. The number of carbonyl (C=O) groups is 1. The third-order valence-electron chi connectivity index (χ3n) is 2.76. The number of rotatable bonds is 2. The van der Waals surface area contributed by atoms with Crippen molar-refractivity contribution in [2.45, 2.75) is 19.8 Å². The van der Waals surface area contributed by atoms with Gasteiger partial charge in [0.05, 0.1) is 11.1 Å². The fourth-order valence-electron chi connectivity index (χ4n) is 1.96. The van der Waals surface area contributed by atoms with E-state index in [-0.39, 0.29) is 17.0 Å². The van der Waals surface area contributed by atoms with Crippen LogP contribution in [0.15, 0.2) is 29.1 Å². The molecule has 0 saturated heterocycles. The van der Waals surface area contributed by atoms with Crippen LogP contribution in [-0.2, 0) is 0 Å². The van der Waals surface area contributed by atoms with E-state index >= 15 is 0 Å². The van der Waals surface area contributed by atoms with E-state index in [1.54, 1.807) is 6.07 Å². The van der Waals surface area contributed by atoms with Crippen LogP contribution in [-0.4, -0.2) is 16.1 Å². The van der Waals surface area contributed by atoms with Crippen LogP contribution in [0.3, 0.4) is 0 Å². The average Bonchev–Trinajstić information content (AvgIpc) is 2.26. The summed E-state index contributed by atoms with van der Waals surface area (Å²) >= 11 is 0. The standard InChI is InChI=1S/C13H13NO3/c1-7(2)8-4-3-5-9-10(13(16)17)6-11(15)14-12(8)9/h3-7H,1-2H3,(H,14,15)(H,16,17). The number of nitrogens with one attached hydrogen (secondary N) is 1. The summed E-state index contributed by atoms with van der Waals surface area (Å²) < 4.78 is 0. The molecular formula is C13H13NO3. The second-order valence-corrected chi connectivity index (χ2v) is 4.28. The molecule has 88 valence electrons. The average molecular weight is 231 g/mol. The van der Waals surface area contributed by atoms with E-state index in [1.807, 2.05) is 26.0 Å². The van der Waals surface area contributed by atoms with E-state index in [0.717, 1.165) is 11.6 Å². The highest BCUT2D eigenvalue weighted by atomic mass is 16.4. The Morgan fingerprint density at radius 2 is 2.06 bits per heavy atom. The summed E-state index contributed by atoms with van der Waals surface area (Å²) in [5, 5.41) is 9.66. The van der Waals surface area contributed by atoms with Crippen LogP contribution in [0.25, 0.3) is 10.9 Å². The summed E-state index contributed by atoms with van der Waals surface area (Å²) in [6.07, 6.45) is 0. The molecule has 0 saturated carbocycles. The molecule has 0 radical (unpaired) electrons. The van der Waals surface area contributed by atoms with Crippen molar-refractivity contribution in [1.29, 1.82) is 0 Å². The van der Waals surface area contributed by atoms with Crippen LogP contribution in [0, 0.1) is 0 Å². The van der Waals surface area contributed by atoms with E-state index in [9.17, 15) is 9.59 Å². The lowest BCUT2D eigenvalue weighted by atomic mass is 9.98. The second-order valence-electron chi connectivity index (χ2n) is 4.28. The molecule has 0 bridgehead atoms. The molecule has 0 aliphatic heterocycles. The van der Waals surface area contributed by atoms with Gasteiger partial charge in [-0.25, -0.2) is 4.79 Å². The maximum absolute atomic E-state index is 11.5. The summed E-state index contributed by atoms with van der Waals surface area (Å²) in [5.41, 5.74) is 1.23. The molecule has 0 atom stereocenters. The molecule has 4 heteroatoms. The first-order valence-electron chi connectivity index (χ1n) is 5.40. The summed E-state index contributed by atoms with van der Waals surface area (Å²) in [6.45, 7) is 4.00. The molecule has 0 unspecified atom stereocenters. The molecule has 2 aromatic rings. The molecule has 2 rings (SSSR count). The number of hydrogen-bond acceptors (Lipinski definition) is 2. The maximum atomic E-state index is 11.5. The third-order valence-corrected chi connectivity index (χ3v) is 2.76. The monoisotopic (exact) mass is 231 g/mol. The molecule has 0 fully saturated rings. The van der Waals surface area contributed by atoms with Crippen molar-refractivity contribution in [3.63, 3.8) is 0 Å². The Kier molecular flexibility index (Phi) is 2.71. The normalized spacial score (nSPS) is 11.0. The van der Waals surface area contributed by atoms with Crippen molar-refractivity contribution in [3.8, 4) is 0 Å². The largest absolute Gasteiger partial charge is 0.478 e. The number of para-hydroxylation sites is 1. The highest BCUT2D eigenvalue weighted by molar-refractivity contribution is 6.03.